The van der Waals surface area contributed by atoms with Crippen LogP contribution in [-0.4, -0.2) is 37.6 Å². The fourth-order valence-electron chi connectivity index (χ4n) is 2.44. The maximum Gasteiger partial charge on any atom is 0.238 e. The molecule has 1 saturated heterocycles. The molecule has 0 N–H and O–H groups in total. The maximum absolute atomic E-state index is 12.1. The normalized spacial score (nSPS) is 20.1. The predicted molar refractivity (Wildman–Crippen MR) is 81.8 cm³/mol. The summed E-state index contributed by atoms with van der Waals surface area (Å²) < 4.78 is 24.7. The fourth-order valence-corrected chi connectivity index (χ4v) is 5.27. The monoisotopic (exact) mass is 335 g/mol. The van der Waals surface area contributed by atoms with Crippen LogP contribution in [-0.2, 0) is 20.4 Å². The van der Waals surface area contributed by atoms with Gasteiger partial charge in [0.05, 0.1) is 10.1 Å². The molecule has 1 fully saturated rings. The topological polar surface area (TPSA) is 54.5 Å². The molecule has 1 aromatic rings. The van der Waals surface area contributed by atoms with Gasteiger partial charge >= 0.3 is 0 Å². The van der Waals surface area contributed by atoms with Crippen LogP contribution in [0.15, 0.2) is 12.1 Å². The zero-order valence-corrected chi connectivity index (χ0v) is 13.7. The highest BCUT2D eigenvalue weighted by atomic mass is 35.5. The second-order valence-corrected chi connectivity index (χ2v) is 9.03. The molecule has 1 aromatic heterocycles. The van der Waals surface area contributed by atoms with Crippen molar-refractivity contribution in [2.45, 2.75) is 38.0 Å². The molecule has 4 nitrogen and oxygen atoms in total. The standard InChI is InChI=1S/C13H18ClNO3S2/c1-10-4-2-3-7-15(10)13(16)9-20(17,18)8-11-5-6-12(14)19-11/h5-6,10H,2-4,7-9H2,1H3/t10-/m1/s1. The molecule has 0 saturated carbocycles. The van der Waals surface area contributed by atoms with Gasteiger partial charge in [-0.15, -0.1) is 11.3 Å². The van der Waals surface area contributed by atoms with Crippen molar-refractivity contribution < 1.29 is 13.2 Å². The van der Waals surface area contributed by atoms with Crippen molar-refractivity contribution >= 4 is 38.7 Å². The molecular formula is C13H18ClNO3S2. The van der Waals surface area contributed by atoms with E-state index >= 15 is 0 Å². The Morgan fingerprint density at radius 1 is 1.45 bits per heavy atom. The minimum absolute atomic E-state index is 0.113. The predicted octanol–water partition coefficient (Wildman–Crippen LogP) is 2.72. The number of carbonyl (C=O) groups is 1. The Kier molecular flexibility index (Phi) is 5.09. The van der Waals surface area contributed by atoms with Crippen LogP contribution in [0.1, 0.15) is 31.1 Å². The van der Waals surface area contributed by atoms with Crippen molar-refractivity contribution in [1.29, 1.82) is 0 Å². The molecule has 1 aliphatic heterocycles. The van der Waals surface area contributed by atoms with E-state index in [1.807, 2.05) is 6.92 Å². The Balaban J connectivity index is 1.98. The lowest BCUT2D eigenvalue weighted by atomic mass is 10.0. The van der Waals surface area contributed by atoms with Crippen LogP contribution < -0.4 is 0 Å². The molecular weight excluding hydrogens is 318 g/mol. The van der Waals surface area contributed by atoms with Gasteiger partial charge in [-0.25, -0.2) is 8.42 Å². The van der Waals surface area contributed by atoms with Gasteiger partial charge in [-0.05, 0) is 38.3 Å². The molecule has 20 heavy (non-hydrogen) atoms. The number of amides is 1. The van der Waals surface area contributed by atoms with E-state index in [2.05, 4.69) is 0 Å². The lowest BCUT2D eigenvalue weighted by Crippen LogP contribution is -2.44. The molecule has 0 radical (unpaired) electrons. The molecule has 0 unspecified atom stereocenters. The third-order valence-electron chi connectivity index (χ3n) is 3.46. The SMILES string of the molecule is C[C@@H]1CCCCN1C(=O)CS(=O)(=O)Cc1ccc(Cl)s1. The number of hydrogen-bond acceptors (Lipinski definition) is 4. The minimum atomic E-state index is -3.43. The second kappa shape index (κ2) is 6.45. The van der Waals surface area contributed by atoms with E-state index in [4.69, 9.17) is 11.6 Å². The highest BCUT2D eigenvalue weighted by Gasteiger charge is 2.27. The van der Waals surface area contributed by atoms with E-state index in [0.29, 0.717) is 15.8 Å². The van der Waals surface area contributed by atoms with Crippen molar-refractivity contribution in [3.8, 4) is 0 Å². The van der Waals surface area contributed by atoms with Crippen LogP contribution in [0.5, 0.6) is 0 Å². The fraction of sp³-hybridized carbons (Fsp3) is 0.615. The van der Waals surface area contributed by atoms with E-state index in [9.17, 15) is 13.2 Å². The Labute approximate surface area is 128 Å². The summed E-state index contributed by atoms with van der Waals surface area (Å²) in [5.74, 6) is -0.801. The molecule has 7 heteroatoms. The summed E-state index contributed by atoms with van der Waals surface area (Å²) in [5, 5.41) is 0. The lowest BCUT2D eigenvalue weighted by molar-refractivity contribution is -0.131. The zero-order chi connectivity index (χ0) is 14.8. The number of nitrogens with zero attached hydrogens (tertiary/aromatic N) is 1. The summed E-state index contributed by atoms with van der Waals surface area (Å²) in [4.78, 5) is 14.5. The van der Waals surface area contributed by atoms with Crippen LogP contribution in [0, 0.1) is 0 Å². The second-order valence-electron chi connectivity index (χ2n) is 5.17. The van der Waals surface area contributed by atoms with E-state index in [1.54, 1.807) is 17.0 Å². The summed E-state index contributed by atoms with van der Waals surface area (Å²) >= 11 is 7.02. The molecule has 2 rings (SSSR count). The van der Waals surface area contributed by atoms with Gasteiger partial charge in [0.2, 0.25) is 5.91 Å². The highest BCUT2D eigenvalue weighted by molar-refractivity contribution is 7.91. The largest absolute Gasteiger partial charge is 0.339 e. The molecule has 0 aromatic carbocycles. The molecule has 1 amide bonds. The number of thiophene rings is 1. The van der Waals surface area contributed by atoms with Crippen molar-refractivity contribution in [2.24, 2.45) is 0 Å². The number of carbonyl (C=O) groups excluding carboxylic acids is 1. The summed E-state index contributed by atoms with van der Waals surface area (Å²) in [6.07, 6.45) is 3.01. The Morgan fingerprint density at radius 2 is 2.20 bits per heavy atom. The van der Waals surface area contributed by atoms with Crippen LogP contribution in [0.4, 0.5) is 0 Å². The van der Waals surface area contributed by atoms with Crippen LogP contribution in [0.2, 0.25) is 4.34 Å². The Bertz CT molecular complexity index is 582. The number of sulfone groups is 1. The summed E-state index contributed by atoms with van der Waals surface area (Å²) in [6.45, 7) is 2.64. The van der Waals surface area contributed by atoms with Crippen molar-refractivity contribution in [3.63, 3.8) is 0 Å². The Hall–Kier alpha value is -0.590. The van der Waals surface area contributed by atoms with E-state index < -0.39 is 15.6 Å². The van der Waals surface area contributed by atoms with Crippen molar-refractivity contribution in [3.05, 3.63) is 21.3 Å². The molecule has 1 aliphatic rings. The molecule has 0 spiro atoms. The number of halogens is 1. The molecule has 112 valence electrons. The molecule has 0 bridgehead atoms. The summed E-state index contributed by atoms with van der Waals surface area (Å²) in [7, 11) is -3.43. The Morgan fingerprint density at radius 3 is 2.80 bits per heavy atom. The third-order valence-corrected chi connectivity index (χ3v) is 6.31. The van der Waals surface area contributed by atoms with Crippen LogP contribution >= 0.6 is 22.9 Å². The summed E-state index contributed by atoms with van der Waals surface area (Å²) in [5.41, 5.74) is 0. The maximum atomic E-state index is 12.1. The van der Waals surface area contributed by atoms with Crippen LogP contribution in [0.25, 0.3) is 0 Å². The van der Waals surface area contributed by atoms with E-state index in [1.165, 1.54) is 11.3 Å². The number of hydrogen-bond donors (Lipinski definition) is 0. The van der Waals surface area contributed by atoms with E-state index in [-0.39, 0.29) is 17.7 Å². The van der Waals surface area contributed by atoms with Gasteiger partial charge in [0.15, 0.2) is 9.84 Å². The molecule has 0 aliphatic carbocycles. The number of piperidine rings is 1. The smallest absolute Gasteiger partial charge is 0.238 e. The molecule has 1 atom stereocenters. The van der Waals surface area contributed by atoms with Gasteiger partial charge in [0.25, 0.3) is 0 Å². The van der Waals surface area contributed by atoms with Crippen molar-refractivity contribution in [1.82, 2.24) is 4.90 Å². The number of likely N-dealkylation sites (tertiary alicyclic amines) is 1. The lowest BCUT2D eigenvalue weighted by Gasteiger charge is -2.33. The first-order valence-corrected chi connectivity index (χ1v) is 9.63. The highest BCUT2D eigenvalue weighted by Crippen LogP contribution is 2.24. The van der Waals surface area contributed by atoms with E-state index in [0.717, 1.165) is 19.3 Å². The first-order valence-electron chi connectivity index (χ1n) is 6.61. The third kappa shape index (κ3) is 4.20. The van der Waals surface area contributed by atoms with Gasteiger partial charge in [-0.2, -0.15) is 0 Å². The average Bonchev–Trinajstić information content (AvgIpc) is 2.73. The average molecular weight is 336 g/mol. The molecule has 2 heterocycles. The quantitative estimate of drug-likeness (QED) is 0.850. The first kappa shape index (κ1) is 15.8. The zero-order valence-electron chi connectivity index (χ0n) is 11.3. The van der Waals surface area contributed by atoms with Crippen LogP contribution in [0.3, 0.4) is 0 Å². The van der Waals surface area contributed by atoms with Gasteiger partial charge in [0.1, 0.15) is 5.75 Å². The minimum Gasteiger partial charge on any atom is -0.339 e. The van der Waals surface area contributed by atoms with Crippen molar-refractivity contribution in [2.75, 3.05) is 12.3 Å². The van der Waals surface area contributed by atoms with Gasteiger partial charge in [-0.1, -0.05) is 11.6 Å². The van der Waals surface area contributed by atoms with Gasteiger partial charge < -0.3 is 4.90 Å². The van der Waals surface area contributed by atoms with Gasteiger partial charge in [0, 0.05) is 17.5 Å². The summed E-state index contributed by atoms with van der Waals surface area (Å²) in [6, 6.07) is 3.51. The number of rotatable bonds is 4. The van der Waals surface area contributed by atoms with Gasteiger partial charge in [-0.3, -0.25) is 4.79 Å². The first-order chi connectivity index (χ1) is 9.37.